The lowest BCUT2D eigenvalue weighted by molar-refractivity contribution is -0.136. The molecule has 1 aromatic carbocycles. The number of carbonyl (C=O) groups is 2. The van der Waals surface area contributed by atoms with Crippen LogP contribution < -0.4 is 10.6 Å². The highest BCUT2D eigenvalue weighted by molar-refractivity contribution is 7.15. The third kappa shape index (κ3) is 6.61. The molecule has 0 unspecified atom stereocenters. The molecule has 33 heavy (non-hydrogen) atoms. The van der Waals surface area contributed by atoms with Crippen LogP contribution in [0.4, 0.5) is 15.2 Å². The Hall–Kier alpha value is -2.78. The first-order chi connectivity index (χ1) is 16.0. The van der Waals surface area contributed by atoms with Gasteiger partial charge in [0.25, 0.3) is 5.91 Å². The van der Waals surface area contributed by atoms with Crippen LogP contribution in [0.3, 0.4) is 0 Å². The number of aromatic nitrogens is 1. The number of carboxylic acids is 1. The lowest BCUT2D eigenvalue weighted by Crippen LogP contribution is -2.10. The topological polar surface area (TPSA) is 91.3 Å². The monoisotopic (exact) mass is 487 g/mol. The zero-order valence-electron chi connectivity index (χ0n) is 18.1. The van der Waals surface area contributed by atoms with E-state index in [4.69, 9.17) is 5.11 Å². The Morgan fingerprint density at radius 1 is 1.18 bits per heavy atom. The number of anilines is 2. The number of hydrogen-bond acceptors (Lipinski definition) is 6. The fraction of sp³-hybridized carbons (Fsp3) is 0.375. The van der Waals surface area contributed by atoms with Crippen LogP contribution in [-0.4, -0.2) is 22.0 Å². The SMILES string of the molecule is O=C(O)Cc1csc(NC(=O)c2ccc(CNc3ccc(F)cc3CCC3CCCC3)s2)n1. The summed E-state index contributed by atoms with van der Waals surface area (Å²) in [6.07, 6.45) is 6.94. The summed E-state index contributed by atoms with van der Waals surface area (Å²) in [6.45, 7) is 0.542. The second-order valence-corrected chi connectivity index (χ2v) is 10.3. The number of hydrogen-bond donors (Lipinski definition) is 3. The molecule has 1 aliphatic carbocycles. The lowest BCUT2D eigenvalue weighted by atomic mass is 9.97. The Kier molecular flexibility index (Phi) is 7.72. The van der Waals surface area contributed by atoms with Crippen molar-refractivity contribution in [2.24, 2.45) is 5.92 Å². The van der Waals surface area contributed by atoms with Crippen molar-refractivity contribution in [1.82, 2.24) is 4.98 Å². The van der Waals surface area contributed by atoms with Gasteiger partial charge < -0.3 is 10.4 Å². The quantitative estimate of drug-likeness (QED) is 0.328. The number of rotatable bonds is 10. The summed E-state index contributed by atoms with van der Waals surface area (Å²) in [6, 6.07) is 8.54. The molecule has 1 saturated carbocycles. The summed E-state index contributed by atoms with van der Waals surface area (Å²) in [5, 5.41) is 17.0. The van der Waals surface area contributed by atoms with Gasteiger partial charge in [-0.2, -0.15) is 0 Å². The van der Waals surface area contributed by atoms with Gasteiger partial charge >= 0.3 is 5.97 Å². The number of aliphatic carboxylic acids is 1. The van der Waals surface area contributed by atoms with Crippen LogP contribution in [0, 0.1) is 11.7 Å². The van der Waals surface area contributed by atoms with Crippen molar-refractivity contribution in [2.45, 2.75) is 51.5 Å². The van der Waals surface area contributed by atoms with Crippen LogP contribution in [0.5, 0.6) is 0 Å². The van der Waals surface area contributed by atoms with Crippen LogP contribution in [0.25, 0.3) is 0 Å². The number of carbonyl (C=O) groups excluding carboxylic acids is 1. The smallest absolute Gasteiger partial charge is 0.309 e. The zero-order chi connectivity index (χ0) is 23.2. The van der Waals surface area contributed by atoms with E-state index in [2.05, 4.69) is 15.6 Å². The van der Waals surface area contributed by atoms with E-state index in [1.54, 1.807) is 23.6 Å². The Morgan fingerprint density at radius 3 is 2.79 bits per heavy atom. The third-order valence-electron chi connectivity index (χ3n) is 5.81. The summed E-state index contributed by atoms with van der Waals surface area (Å²) >= 11 is 2.57. The maximum atomic E-state index is 13.8. The molecular formula is C24H26FN3O3S2. The number of thiazole rings is 1. The zero-order valence-corrected chi connectivity index (χ0v) is 19.7. The maximum Gasteiger partial charge on any atom is 0.309 e. The predicted octanol–water partition coefficient (Wildman–Crippen LogP) is 5.96. The van der Waals surface area contributed by atoms with E-state index in [-0.39, 0.29) is 18.1 Å². The highest BCUT2D eigenvalue weighted by Crippen LogP contribution is 2.30. The molecule has 0 radical (unpaired) electrons. The lowest BCUT2D eigenvalue weighted by Gasteiger charge is -2.14. The molecule has 3 aromatic rings. The first-order valence-corrected chi connectivity index (χ1v) is 12.7. The van der Waals surface area contributed by atoms with Crippen LogP contribution in [-0.2, 0) is 24.2 Å². The molecule has 2 heterocycles. The molecular weight excluding hydrogens is 461 g/mol. The second kappa shape index (κ2) is 10.9. The van der Waals surface area contributed by atoms with E-state index in [1.165, 1.54) is 54.4 Å². The Bertz CT molecular complexity index is 1120. The van der Waals surface area contributed by atoms with Gasteiger partial charge in [-0.05, 0) is 54.7 Å². The number of carboxylic acid groups (broad SMARTS) is 1. The third-order valence-corrected chi connectivity index (χ3v) is 7.70. The molecule has 3 N–H and O–H groups in total. The molecule has 1 aliphatic rings. The van der Waals surface area contributed by atoms with E-state index in [0.717, 1.165) is 34.9 Å². The van der Waals surface area contributed by atoms with Gasteiger partial charge in [0, 0.05) is 22.5 Å². The molecule has 0 bridgehead atoms. The van der Waals surface area contributed by atoms with Crippen LogP contribution in [0.1, 0.15) is 57.9 Å². The highest BCUT2D eigenvalue weighted by atomic mass is 32.1. The summed E-state index contributed by atoms with van der Waals surface area (Å²) in [4.78, 5) is 29.0. The molecule has 0 atom stereocenters. The van der Waals surface area contributed by atoms with Gasteiger partial charge in [0.15, 0.2) is 5.13 Å². The van der Waals surface area contributed by atoms with Crippen LogP contribution >= 0.6 is 22.7 Å². The fourth-order valence-electron chi connectivity index (χ4n) is 4.14. The van der Waals surface area contributed by atoms with Crippen LogP contribution in [0.2, 0.25) is 0 Å². The first-order valence-electron chi connectivity index (χ1n) is 11.0. The van der Waals surface area contributed by atoms with Gasteiger partial charge in [-0.3, -0.25) is 14.9 Å². The Labute approximate surface area is 199 Å². The largest absolute Gasteiger partial charge is 0.481 e. The fourth-order valence-corrected chi connectivity index (χ4v) is 5.68. The number of halogens is 1. The average molecular weight is 488 g/mol. The van der Waals surface area contributed by atoms with Crippen molar-refractivity contribution in [1.29, 1.82) is 0 Å². The van der Waals surface area contributed by atoms with Crippen LogP contribution in [0.15, 0.2) is 35.7 Å². The minimum absolute atomic E-state index is 0.173. The predicted molar refractivity (Wildman–Crippen MR) is 130 cm³/mol. The molecule has 6 nitrogen and oxygen atoms in total. The molecule has 0 spiro atoms. The van der Waals surface area contributed by atoms with Crippen molar-refractivity contribution in [2.75, 3.05) is 10.6 Å². The molecule has 1 amide bonds. The number of amides is 1. The van der Waals surface area contributed by atoms with Gasteiger partial charge in [0.1, 0.15) is 5.82 Å². The molecule has 9 heteroatoms. The number of nitrogens with one attached hydrogen (secondary N) is 2. The number of benzene rings is 1. The summed E-state index contributed by atoms with van der Waals surface area (Å²) in [5.74, 6) is -0.707. The first kappa shape index (κ1) is 23.4. The minimum Gasteiger partial charge on any atom is -0.481 e. The number of thiophene rings is 1. The van der Waals surface area contributed by atoms with Crippen molar-refractivity contribution in [3.05, 3.63) is 62.5 Å². The van der Waals surface area contributed by atoms with Gasteiger partial charge in [-0.25, -0.2) is 9.37 Å². The standard InChI is InChI=1S/C24H26FN3O3S2/c25-17-7-9-20(16(11-17)6-5-15-3-1-2-4-15)26-13-19-8-10-21(33-19)23(31)28-24-27-18(14-32-24)12-22(29)30/h7-11,14-15,26H,1-6,12-13H2,(H,29,30)(H,27,28,31). The molecule has 2 aromatic heterocycles. The molecule has 0 saturated heterocycles. The number of nitrogens with zero attached hydrogens (tertiary/aromatic N) is 1. The molecule has 4 rings (SSSR count). The summed E-state index contributed by atoms with van der Waals surface area (Å²) in [5.41, 5.74) is 2.35. The Morgan fingerprint density at radius 2 is 2.00 bits per heavy atom. The van der Waals surface area contributed by atoms with E-state index in [1.807, 2.05) is 6.07 Å². The average Bonchev–Trinajstić information content (AvgIpc) is 3.54. The van der Waals surface area contributed by atoms with Gasteiger partial charge in [0.2, 0.25) is 0 Å². The maximum absolute atomic E-state index is 13.8. The van der Waals surface area contributed by atoms with E-state index < -0.39 is 5.97 Å². The van der Waals surface area contributed by atoms with Crippen molar-refractivity contribution < 1.29 is 19.1 Å². The summed E-state index contributed by atoms with van der Waals surface area (Å²) in [7, 11) is 0. The normalized spacial score (nSPS) is 13.8. The molecule has 0 aliphatic heterocycles. The van der Waals surface area contributed by atoms with E-state index in [9.17, 15) is 14.0 Å². The van der Waals surface area contributed by atoms with Gasteiger partial charge in [-0.15, -0.1) is 22.7 Å². The Balaban J connectivity index is 1.33. The van der Waals surface area contributed by atoms with Crippen molar-refractivity contribution >= 4 is 45.4 Å². The number of aryl methyl sites for hydroxylation is 1. The highest BCUT2D eigenvalue weighted by Gasteiger charge is 2.16. The molecule has 1 fully saturated rings. The minimum atomic E-state index is -0.962. The van der Waals surface area contributed by atoms with E-state index >= 15 is 0 Å². The van der Waals surface area contributed by atoms with Crippen molar-refractivity contribution in [3.63, 3.8) is 0 Å². The van der Waals surface area contributed by atoms with Gasteiger partial charge in [0.05, 0.1) is 17.0 Å². The second-order valence-electron chi connectivity index (χ2n) is 8.28. The van der Waals surface area contributed by atoms with Gasteiger partial charge in [-0.1, -0.05) is 25.7 Å². The summed E-state index contributed by atoms with van der Waals surface area (Å²) < 4.78 is 13.8. The van der Waals surface area contributed by atoms with Crippen molar-refractivity contribution in [3.8, 4) is 0 Å². The van der Waals surface area contributed by atoms with E-state index in [0.29, 0.717) is 22.2 Å². The molecule has 174 valence electrons.